The Morgan fingerprint density at radius 3 is 2.00 bits per heavy atom. The second kappa shape index (κ2) is 6.40. The van der Waals surface area contributed by atoms with Crippen LogP contribution < -0.4 is 5.73 Å². The van der Waals surface area contributed by atoms with Crippen molar-refractivity contribution in [2.45, 2.75) is 38.9 Å². The maximum Gasteiger partial charge on any atom is 0.223 e. The number of sulfonamides is 1. The molecule has 2 N–H and O–H groups in total. The van der Waals surface area contributed by atoms with Crippen LogP contribution in [0.25, 0.3) is 0 Å². The van der Waals surface area contributed by atoms with Crippen molar-refractivity contribution in [3.8, 4) is 0 Å². The summed E-state index contributed by atoms with van der Waals surface area (Å²) in [6, 6.07) is 0. The van der Waals surface area contributed by atoms with Crippen LogP contribution in [0, 0.1) is 0 Å². The van der Waals surface area contributed by atoms with Crippen molar-refractivity contribution in [2.24, 2.45) is 5.73 Å². The van der Waals surface area contributed by atoms with Gasteiger partial charge in [-0.15, -0.1) is 0 Å². The fourth-order valence-electron chi connectivity index (χ4n) is 1.24. The van der Waals surface area contributed by atoms with Crippen LogP contribution in [0.3, 0.4) is 0 Å². The Bertz CT molecular complexity index is 295. The van der Waals surface area contributed by atoms with E-state index in [1.165, 1.54) is 11.2 Å². The highest BCUT2D eigenvalue weighted by atomic mass is 32.2. The zero-order valence-electron chi connectivity index (χ0n) is 9.56. The molecule has 0 aliphatic heterocycles. The quantitative estimate of drug-likeness (QED) is 0.690. The molecule has 0 aromatic rings. The Morgan fingerprint density at radius 2 is 1.73 bits per heavy atom. The Kier molecular flexibility index (Phi) is 6.31. The van der Waals surface area contributed by atoms with Crippen molar-refractivity contribution in [1.29, 1.82) is 0 Å². The molecule has 4 nitrogen and oxygen atoms in total. The van der Waals surface area contributed by atoms with Crippen LogP contribution >= 0.6 is 12.2 Å². The van der Waals surface area contributed by atoms with Crippen LogP contribution in [-0.4, -0.2) is 36.1 Å². The third-order valence-corrected chi connectivity index (χ3v) is 4.89. The normalized spacial score (nSPS) is 14.1. The van der Waals surface area contributed by atoms with Gasteiger partial charge in [-0.1, -0.05) is 26.1 Å². The highest BCUT2D eigenvalue weighted by molar-refractivity contribution is 7.92. The molecule has 0 aliphatic carbocycles. The molecule has 90 valence electrons. The van der Waals surface area contributed by atoms with Gasteiger partial charge in [-0.25, -0.2) is 12.7 Å². The first-order valence-electron chi connectivity index (χ1n) is 5.16. The SMILES string of the molecule is CCCN(CCC)S(=O)(=O)C(C)C(N)=S. The first-order chi connectivity index (χ1) is 6.87. The fraction of sp³-hybridized carbons (Fsp3) is 0.889. The summed E-state index contributed by atoms with van der Waals surface area (Å²) in [4.78, 5) is 0.0345. The number of hydrogen-bond donors (Lipinski definition) is 1. The number of rotatable bonds is 7. The van der Waals surface area contributed by atoms with E-state index in [-0.39, 0.29) is 4.99 Å². The lowest BCUT2D eigenvalue weighted by molar-refractivity contribution is 0.408. The van der Waals surface area contributed by atoms with Crippen LogP contribution in [0.15, 0.2) is 0 Å². The van der Waals surface area contributed by atoms with Crippen LogP contribution in [-0.2, 0) is 10.0 Å². The Labute approximate surface area is 97.9 Å². The van der Waals surface area contributed by atoms with E-state index >= 15 is 0 Å². The molecule has 15 heavy (non-hydrogen) atoms. The summed E-state index contributed by atoms with van der Waals surface area (Å²) in [5.41, 5.74) is 5.38. The molecule has 0 rings (SSSR count). The van der Waals surface area contributed by atoms with Gasteiger partial charge in [-0.2, -0.15) is 0 Å². The van der Waals surface area contributed by atoms with Crippen LogP contribution in [0.4, 0.5) is 0 Å². The van der Waals surface area contributed by atoms with E-state index < -0.39 is 15.3 Å². The van der Waals surface area contributed by atoms with Gasteiger partial charge in [0.1, 0.15) is 5.25 Å². The standard InChI is InChI=1S/C9H20N2O2S2/c1-4-6-11(7-5-2)15(12,13)8(3)9(10)14/h8H,4-7H2,1-3H3,(H2,10,14). The highest BCUT2D eigenvalue weighted by Gasteiger charge is 2.29. The molecule has 0 aliphatic rings. The average molecular weight is 252 g/mol. The minimum Gasteiger partial charge on any atom is -0.392 e. The molecular formula is C9H20N2O2S2. The van der Waals surface area contributed by atoms with Gasteiger partial charge in [0, 0.05) is 13.1 Å². The van der Waals surface area contributed by atoms with E-state index in [1.807, 2.05) is 13.8 Å². The van der Waals surface area contributed by atoms with E-state index in [9.17, 15) is 8.42 Å². The van der Waals surface area contributed by atoms with Gasteiger partial charge in [-0.3, -0.25) is 0 Å². The molecular weight excluding hydrogens is 232 g/mol. The Morgan fingerprint density at radius 1 is 1.33 bits per heavy atom. The van der Waals surface area contributed by atoms with Crippen molar-refractivity contribution in [2.75, 3.05) is 13.1 Å². The lowest BCUT2D eigenvalue weighted by Crippen LogP contribution is -2.43. The largest absolute Gasteiger partial charge is 0.392 e. The molecule has 0 fully saturated rings. The minimum absolute atomic E-state index is 0.0345. The van der Waals surface area contributed by atoms with E-state index in [0.717, 1.165) is 12.8 Å². The van der Waals surface area contributed by atoms with E-state index in [2.05, 4.69) is 0 Å². The van der Waals surface area contributed by atoms with Crippen molar-refractivity contribution in [3.63, 3.8) is 0 Å². The highest BCUT2D eigenvalue weighted by Crippen LogP contribution is 2.10. The summed E-state index contributed by atoms with van der Waals surface area (Å²) in [6.45, 7) is 6.50. The molecule has 0 saturated heterocycles. The third-order valence-electron chi connectivity index (χ3n) is 2.15. The molecule has 1 atom stereocenters. The molecule has 0 aromatic heterocycles. The molecule has 0 spiro atoms. The summed E-state index contributed by atoms with van der Waals surface area (Å²) in [6.07, 6.45) is 1.59. The molecule has 1 unspecified atom stereocenters. The van der Waals surface area contributed by atoms with Gasteiger partial charge < -0.3 is 5.73 Å². The summed E-state index contributed by atoms with van der Waals surface area (Å²) in [5.74, 6) is 0. The van der Waals surface area contributed by atoms with Crippen LogP contribution in [0.2, 0.25) is 0 Å². The fourth-order valence-corrected chi connectivity index (χ4v) is 3.22. The zero-order valence-corrected chi connectivity index (χ0v) is 11.2. The molecule has 0 heterocycles. The number of nitrogens with zero attached hydrogens (tertiary/aromatic N) is 1. The van der Waals surface area contributed by atoms with Crippen molar-refractivity contribution in [3.05, 3.63) is 0 Å². The molecule has 0 saturated carbocycles. The number of hydrogen-bond acceptors (Lipinski definition) is 3. The van der Waals surface area contributed by atoms with Gasteiger partial charge >= 0.3 is 0 Å². The Hall–Kier alpha value is -0.200. The van der Waals surface area contributed by atoms with E-state index in [1.54, 1.807) is 0 Å². The molecule has 0 bridgehead atoms. The van der Waals surface area contributed by atoms with Crippen LogP contribution in [0.5, 0.6) is 0 Å². The van der Waals surface area contributed by atoms with Crippen molar-refractivity contribution in [1.82, 2.24) is 4.31 Å². The van der Waals surface area contributed by atoms with E-state index in [4.69, 9.17) is 18.0 Å². The van der Waals surface area contributed by atoms with Gasteiger partial charge in [0.25, 0.3) is 0 Å². The van der Waals surface area contributed by atoms with Gasteiger partial charge in [0.05, 0.1) is 4.99 Å². The number of nitrogens with two attached hydrogens (primary N) is 1. The molecule has 0 amide bonds. The summed E-state index contributed by atoms with van der Waals surface area (Å²) < 4.78 is 25.5. The number of thiocarbonyl (C=S) groups is 1. The summed E-state index contributed by atoms with van der Waals surface area (Å²) in [5, 5.41) is -0.773. The monoisotopic (exact) mass is 252 g/mol. The minimum atomic E-state index is -3.36. The van der Waals surface area contributed by atoms with Gasteiger partial charge in [0.15, 0.2) is 0 Å². The molecule has 0 radical (unpaired) electrons. The third kappa shape index (κ3) is 4.04. The first kappa shape index (κ1) is 14.8. The Balaban J connectivity index is 4.85. The van der Waals surface area contributed by atoms with Crippen molar-refractivity contribution < 1.29 is 8.42 Å². The second-order valence-electron chi connectivity index (χ2n) is 3.49. The first-order valence-corrected chi connectivity index (χ1v) is 7.07. The average Bonchev–Trinajstić information content (AvgIpc) is 2.16. The maximum absolute atomic E-state index is 12.0. The topological polar surface area (TPSA) is 63.4 Å². The van der Waals surface area contributed by atoms with Gasteiger partial charge in [-0.05, 0) is 19.8 Å². The smallest absolute Gasteiger partial charge is 0.223 e. The van der Waals surface area contributed by atoms with Crippen LogP contribution in [0.1, 0.15) is 33.6 Å². The van der Waals surface area contributed by atoms with Gasteiger partial charge in [0.2, 0.25) is 10.0 Å². The maximum atomic E-state index is 12.0. The second-order valence-corrected chi connectivity index (χ2v) is 6.21. The van der Waals surface area contributed by atoms with E-state index in [0.29, 0.717) is 13.1 Å². The predicted molar refractivity (Wildman–Crippen MR) is 67.3 cm³/mol. The zero-order chi connectivity index (χ0) is 12.1. The molecule has 0 aromatic carbocycles. The predicted octanol–water partition coefficient (Wildman–Crippen LogP) is 1.11. The summed E-state index contributed by atoms with van der Waals surface area (Å²) >= 11 is 4.73. The summed E-state index contributed by atoms with van der Waals surface area (Å²) in [7, 11) is -3.36. The lowest BCUT2D eigenvalue weighted by atomic mass is 10.4. The lowest BCUT2D eigenvalue weighted by Gasteiger charge is -2.24. The van der Waals surface area contributed by atoms with Crippen molar-refractivity contribution >= 4 is 27.2 Å². The molecule has 6 heteroatoms.